The molecule has 57 heavy (non-hydrogen) atoms. The predicted octanol–water partition coefficient (Wildman–Crippen LogP) is 16.0. The highest BCUT2D eigenvalue weighted by Crippen LogP contribution is 2.35. The van der Waals surface area contributed by atoms with Gasteiger partial charge in [-0.25, -0.2) is 0 Å². The monoisotopic (exact) mass is 752 g/mol. The van der Waals surface area contributed by atoms with Gasteiger partial charge in [-0.3, -0.25) is 0 Å². The first-order valence-corrected chi connectivity index (χ1v) is 20.5. The Kier molecular flexibility index (Phi) is 19.1. The molecule has 0 amide bonds. The molecule has 1 aliphatic rings. The summed E-state index contributed by atoms with van der Waals surface area (Å²) in [6, 6.07) is 40.8. The third-order valence-electron chi connectivity index (χ3n) is 10.3. The lowest BCUT2D eigenvalue weighted by atomic mass is 9.88. The summed E-state index contributed by atoms with van der Waals surface area (Å²) in [6.45, 7) is 26.3. The van der Waals surface area contributed by atoms with Crippen molar-refractivity contribution in [3.63, 3.8) is 0 Å². The molecular formula is C56H65N. The van der Waals surface area contributed by atoms with Crippen molar-refractivity contribution in [2.75, 3.05) is 11.4 Å². The molecule has 1 nitrogen and oxygen atoms in total. The largest absolute Gasteiger partial charge is 0.342 e. The molecule has 294 valence electrons. The van der Waals surface area contributed by atoms with Crippen molar-refractivity contribution in [3.05, 3.63) is 202 Å². The van der Waals surface area contributed by atoms with Crippen molar-refractivity contribution in [2.24, 2.45) is 0 Å². The second kappa shape index (κ2) is 23.9. The summed E-state index contributed by atoms with van der Waals surface area (Å²) in [4.78, 5) is 2.34. The Morgan fingerprint density at radius 1 is 0.719 bits per heavy atom. The van der Waals surface area contributed by atoms with Gasteiger partial charge in [-0.15, -0.1) is 6.42 Å². The number of aryl methyl sites for hydroxylation is 2. The maximum atomic E-state index is 5.48. The van der Waals surface area contributed by atoms with Gasteiger partial charge in [0.1, 0.15) is 0 Å². The SMILES string of the molecule is C#C/C(C)=C\C(=C)/C(=C\C)Cc1ccccc1N(CC)c1ccccc1.CC.CC1=CC=CCC1.Cc1ccccc1-c1ccc(-c2ccccc2C)c(C)c1C. The first-order valence-electron chi connectivity index (χ1n) is 20.5. The van der Waals surface area contributed by atoms with Gasteiger partial charge in [-0.05, 0) is 166 Å². The number of hydrogen-bond acceptors (Lipinski definition) is 1. The third-order valence-corrected chi connectivity index (χ3v) is 10.3. The summed E-state index contributed by atoms with van der Waals surface area (Å²) >= 11 is 0. The molecule has 0 fully saturated rings. The van der Waals surface area contributed by atoms with Crippen molar-refractivity contribution in [2.45, 2.75) is 88.5 Å². The van der Waals surface area contributed by atoms with Gasteiger partial charge in [0.05, 0.1) is 0 Å². The molecule has 0 unspecified atom stereocenters. The molecule has 0 atom stereocenters. The van der Waals surface area contributed by atoms with E-state index in [9.17, 15) is 0 Å². The summed E-state index contributed by atoms with van der Waals surface area (Å²) in [6.07, 6.45) is 19.4. The van der Waals surface area contributed by atoms with Crippen LogP contribution in [0.3, 0.4) is 0 Å². The van der Waals surface area contributed by atoms with Crippen LogP contribution in [0.2, 0.25) is 0 Å². The van der Waals surface area contributed by atoms with E-state index in [1.54, 1.807) is 0 Å². The van der Waals surface area contributed by atoms with Gasteiger partial charge in [0.25, 0.3) is 0 Å². The van der Waals surface area contributed by atoms with Crippen LogP contribution < -0.4 is 4.90 Å². The molecule has 0 spiro atoms. The van der Waals surface area contributed by atoms with Gasteiger partial charge in [0, 0.05) is 17.9 Å². The van der Waals surface area contributed by atoms with Crippen molar-refractivity contribution in [1.82, 2.24) is 0 Å². The number of rotatable bonds is 9. The average Bonchev–Trinajstić information content (AvgIpc) is 3.24. The van der Waals surface area contributed by atoms with E-state index in [2.05, 4.69) is 199 Å². The van der Waals surface area contributed by atoms with Crippen LogP contribution >= 0.6 is 0 Å². The highest BCUT2D eigenvalue weighted by Gasteiger charge is 2.14. The number of benzene rings is 5. The van der Waals surface area contributed by atoms with Gasteiger partial charge >= 0.3 is 0 Å². The molecule has 0 saturated heterocycles. The molecular weight excluding hydrogens is 687 g/mol. The second-order valence-electron chi connectivity index (χ2n) is 14.2. The number of terminal acetylenes is 1. The Hall–Kier alpha value is -5.84. The Bertz CT molecular complexity index is 2140. The molecule has 0 radical (unpaired) electrons. The minimum absolute atomic E-state index is 0.823. The van der Waals surface area contributed by atoms with Crippen LogP contribution in [0.5, 0.6) is 0 Å². The smallest absolute Gasteiger partial charge is 0.0446 e. The highest BCUT2D eigenvalue weighted by atomic mass is 15.1. The standard InChI is InChI=1S/C25H27N.C22H22.C7H10.C2H6/c1-6-20(4)18-21(5)22(7-2)19-23-14-12-13-17-25(23)26(8-3)24-15-10-9-11-16-24;1-15-9-5-7-11-19(15)21-13-14-22(18(4)17(21)3)20-12-8-6-10-16(20)2;1-7-5-3-2-4-6-7;1-2/h1,7,9-18H,5,8,19H2,2-4H3;5-14H,1-4H3;2-3,5H,4,6H2,1H3;1-2H3/b20-18-,22-7-;;;. The Labute approximate surface area is 346 Å². The lowest BCUT2D eigenvalue weighted by molar-refractivity contribution is 0.962. The zero-order valence-corrected chi connectivity index (χ0v) is 36.4. The van der Waals surface area contributed by atoms with Gasteiger partial charge in [0.15, 0.2) is 0 Å². The number of allylic oxidation sites excluding steroid dienone is 9. The molecule has 0 saturated carbocycles. The number of anilines is 2. The summed E-state index contributed by atoms with van der Waals surface area (Å²) in [5.41, 5.74) is 19.0. The molecule has 1 aliphatic carbocycles. The van der Waals surface area contributed by atoms with E-state index in [0.29, 0.717) is 0 Å². The third kappa shape index (κ3) is 13.1. The van der Waals surface area contributed by atoms with Crippen LogP contribution in [0.25, 0.3) is 22.3 Å². The Morgan fingerprint density at radius 2 is 1.25 bits per heavy atom. The maximum Gasteiger partial charge on any atom is 0.0446 e. The first-order chi connectivity index (χ1) is 27.6. The summed E-state index contributed by atoms with van der Waals surface area (Å²) in [7, 11) is 0. The maximum absolute atomic E-state index is 5.48. The van der Waals surface area contributed by atoms with E-state index in [-0.39, 0.29) is 0 Å². The van der Waals surface area contributed by atoms with Crippen LogP contribution in [0.4, 0.5) is 11.4 Å². The van der Waals surface area contributed by atoms with Crippen LogP contribution in [0, 0.1) is 40.0 Å². The Balaban J connectivity index is 0.000000253. The van der Waals surface area contributed by atoms with E-state index in [1.165, 1.54) is 85.4 Å². The minimum atomic E-state index is 0.823. The zero-order valence-electron chi connectivity index (χ0n) is 36.4. The van der Waals surface area contributed by atoms with Gasteiger partial charge in [0.2, 0.25) is 0 Å². The normalized spacial score (nSPS) is 12.0. The quantitative estimate of drug-likeness (QED) is 0.107. The highest BCUT2D eigenvalue weighted by molar-refractivity contribution is 5.79. The van der Waals surface area contributed by atoms with E-state index in [4.69, 9.17) is 6.42 Å². The summed E-state index contributed by atoms with van der Waals surface area (Å²) in [5, 5.41) is 0. The molecule has 5 aromatic rings. The molecule has 0 heterocycles. The number of hydrogen-bond donors (Lipinski definition) is 0. The van der Waals surface area contributed by atoms with Crippen molar-refractivity contribution in [1.29, 1.82) is 0 Å². The molecule has 0 aliphatic heterocycles. The fourth-order valence-electron chi connectivity index (χ4n) is 6.90. The molecule has 6 rings (SSSR count). The fourth-order valence-corrected chi connectivity index (χ4v) is 6.90. The Morgan fingerprint density at radius 3 is 1.70 bits per heavy atom. The topological polar surface area (TPSA) is 3.24 Å². The summed E-state index contributed by atoms with van der Waals surface area (Å²) < 4.78 is 0. The number of nitrogens with zero attached hydrogens (tertiary/aromatic N) is 1. The fraction of sp³-hybridized carbons (Fsp3) is 0.250. The van der Waals surface area contributed by atoms with E-state index in [0.717, 1.165) is 24.1 Å². The van der Waals surface area contributed by atoms with E-state index >= 15 is 0 Å². The first kappa shape index (κ1) is 45.5. The molecule has 1 heteroatoms. The molecule has 0 N–H and O–H groups in total. The van der Waals surface area contributed by atoms with Crippen LogP contribution in [-0.4, -0.2) is 6.54 Å². The second-order valence-corrected chi connectivity index (χ2v) is 14.2. The predicted molar refractivity (Wildman–Crippen MR) is 254 cm³/mol. The molecule has 0 bridgehead atoms. The lowest BCUT2D eigenvalue weighted by Crippen LogP contribution is -2.17. The van der Waals surface area contributed by atoms with Gasteiger partial charge in [-0.1, -0.05) is 153 Å². The van der Waals surface area contributed by atoms with E-state index in [1.807, 2.05) is 32.9 Å². The van der Waals surface area contributed by atoms with Crippen LogP contribution in [0.1, 0.15) is 82.2 Å². The van der Waals surface area contributed by atoms with Gasteiger partial charge < -0.3 is 4.90 Å². The van der Waals surface area contributed by atoms with Crippen molar-refractivity contribution >= 4 is 11.4 Å². The average molecular weight is 752 g/mol. The van der Waals surface area contributed by atoms with Crippen LogP contribution in [-0.2, 0) is 6.42 Å². The van der Waals surface area contributed by atoms with Crippen LogP contribution in [0.15, 0.2) is 175 Å². The summed E-state index contributed by atoms with van der Waals surface area (Å²) in [5.74, 6) is 2.66. The van der Waals surface area contributed by atoms with Gasteiger partial charge in [-0.2, -0.15) is 0 Å². The molecule has 5 aromatic carbocycles. The number of para-hydroxylation sites is 2. The van der Waals surface area contributed by atoms with E-state index < -0.39 is 0 Å². The van der Waals surface area contributed by atoms with Crippen molar-refractivity contribution < 1.29 is 0 Å². The minimum Gasteiger partial charge on any atom is -0.342 e. The van der Waals surface area contributed by atoms with Crippen molar-refractivity contribution in [3.8, 4) is 34.6 Å². The molecule has 0 aromatic heterocycles. The zero-order chi connectivity index (χ0) is 41.7. The lowest BCUT2D eigenvalue weighted by Gasteiger charge is -2.26.